The Kier molecular flexibility index (Phi) is 6.75. The van der Waals surface area contributed by atoms with Crippen molar-refractivity contribution in [2.75, 3.05) is 20.1 Å². The van der Waals surface area contributed by atoms with Crippen LogP contribution in [0.5, 0.6) is 0 Å². The Bertz CT molecular complexity index is 440. The molecule has 0 heterocycles. The van der Waals surface area contributed by atoms with Crippen LogP contribution >= 0.6 is 0 Å². The standard InChI is InChI=1S/C17H28F2N2/c1-6-17(7-2,21(8-3)9-4)16(20-5)14-12-13(18)10-11-15(14)19/h10-12,16,20H,6-9H2,1-5H3. The molecule has 0 saturated heterocycles. The maximum absolute atomic E-state index is 14.3. The molecule has 4 heteroatoms. The predicted octanol–water partition coefficient (Wildman–Crippen LogP) is 4.13. The lowest BCUT2D eigenvalue weighted by molar-refractivity contribution is 0.0501. The number of benzene rings is 1. The van der Waals surface area contributed by atoms with Gasteiger partial charge in [0, 0.05) is 11.1 Å². The summed E-state index contributed by atoms with van der Waals surface area (Å²) in [6.07, 6.45) is 1.74. The highest BCUT2D eigenvalue weighted by atomic mass is 19.1. The van der Waals surface area contributed by atoms with E-state index in [4.69, 9.17) is 0 Å². The van der Waals surface area contributed by atoms with E-state index in [1.54, 1.807) is 0 Å². The molecule has 1 unspecified atom stereocenters. The van der Waals surface area contributed by atoms with E-state index in [1.807, 2.05) is 7.05 Å². The molecule has 21 heavy (non-hydrogen) atoms. The van der Waals surface area contributed by atoms with Crippen molar-refractivity contribution in [3.05, 3.63) is 35.4 Å². The van der Waals surface area contributed by atoms with E-state index in [2.05, 4.69) is 37.9 Å². The zero-order valence-corrected chi connectivity index (χ0v) is 13.8. The molecule has 1 aromatic rings. The van der Waals surface area contributed by atoms with E-state index in [1.165, 1.54) is 18.2 Å². The fraction of sp³-hybridized carbons (Fsp3) is 0.647. The summed E-state index contributed by atoms with van der Waals surface area (Å²) in [7, 11) is 1.82. The number of hydrogen-bond donors (Lipinski definition) is 1. The molecule has 0 aromatic heterocycles. The van der Waals surface area contributed by atoms with Gasteiger partial charge in [0.1, 0.15) is 11.6 Å². The molecule has 0 saturated carbocycles. The zero-order valence-electron chi connectivity index (χ0n) is 13.8. The van der Waals surface area contributed by atoms with Crippen molar-refractivity contribution in [1.82, 2.24) is 10.2 Å². The van der Waals surface area contributed by atoms with Gasteiger partial charge in [-0.15, -0.1) is 0 Å². The second-order valence-electron chi connectivity index (χ2n) is 5.37. The van der Waals surface area contributed by atoms with Crippen molar-refractivity contribution in [2.45, 2.75) is 52.1 Å². The van der Waals surface area contributed by atoms with Crippen LogP contribution in [0.4, 0.5) is 8.78 Å². The van der Waals surface area contributed by atoms with Crippen LogP contribution < -0.4 is 5.32 Å². The van der Waals surface area contributed by atoms with Gasteiger partial charge in [0.05, 0.1) is 6.04 Å². The summed E-state index contributed by atoms with van der Waals surface area (Å²) in [6, 6.07) is 3.46. The highest BCUT2D eigenvalue weighted by Crippen LogP contribution is 2.38. The minimum absolute atomic E-state index is 0.229. The van der Waals surface area contributed by atoms with Gasteiger partial charge in [0.25, 0.3) is 0 Å². The number of halogens is 2. The summed E-state index contributed by atoms with van der Waals surface area (Å²) >= 11 is 0. The number of rotatable bonds is 8. The van der Waals surface area contributed by atoms with Crippen molar-refractivity contribution in [2.24, 2.45) is 0 Å². The lowest BCUT2D eigenvalue weighted by Gasteiger charge is -2.48. The molecule has 0 aliphatic heterocycles. The van der Waals surface area contributed by atoms with Crippen LogP contribution in [0.1, 0.15) is 52.1 Å². The summed E-state index contributed by atoms with van der Waals surface area (Å²) in [6.45, 7) is 10.2. The molecule has 0 fully saturated rings. The van der Waals surface area contributed by atoms with E-state index in [-0.39, 0.29) is 17.4 Å². The topological polar surface area (TPSA) is 15.3 Å². The van der Waals surface area contributed by atoms with Gasteiger partial charge >= 0.3 is 0 Å². The van der Waals surface area contributed by atoms with Gasteiger partial charge in [-0.3, -0.25) is 4.90 Å². The number of likely N-dealkylation sites (N-methyl/N-ethyl adjacent to an activating group) is 2. The molecule has 120 valence electrons. The van der Waals surface area contributed by atoms with Gasteiger partial charge in [-0.25, -0.2) is 8.78 Å². The van der Waals surface area contributed by atoms with Crippen molar-refractivity contribution < 1.29 is 8.78 Å². The number of nitrogens with zero attached hydrogens (tertiary/aromatic N) is 1. The highest BCUT2D eigenvalue weighted by molar-refractivity contribution is 5.26. The number of hydrogen-bond acceptors (Lipinski definition) is 2. The molecule has 0 aliphatic rings. The van der Waals surface area contributed by atoms with Gasteiger partial charge < -0.3 is 5.32 Å². The predicted molar refractivity (Wildman–Crippen MR) is 84.4 cm³/mol. The first kappa shape index (κ1) is 18.1. The lowest BCUT2D eigenvalue weighted by atomic mass is 9.78. The fourth-order valence-electron chi connectivity index (χ4n) is 3.59. The molecule has 0 aliphatic carbocycles. The van der Waals surface area contributed by atoms with E-state index in [9.17, 15) is 8.78 Å². The highest BCUT2D eigenvalue weighted by Gasteiger charge is 2.41. The molecule has 0 amide bonds. The molecular formula is C17H28F2N2. The first-order valence-corrected chi connectivity index (χ1v) is 7.87. The molecule has 0 radical (unpaired) electrons. The van der Waals surface area contributed by atoms with E-state index < -0.39 is 5.82 Å². The third-order valence-electron chi connectivity index (χ3n) is 4.71. The SMILES string of the molecule is CCN(CC)C(CC)(CC)C(NC)c1cc(F)ccc1F. The quantitative estimate of drug-likeness (QED) is 0.776. The second-order valence-corrected chi connectivity index (χ2v) is 5.37. The Morgan fingerprint density at radius 3 is 2.10 bits per heavy atom. The summed E-state index contributed by atoms with van der Waals surface area (Å²) < 4.78 is 27.9. The normalized spacial score (nSPS) is 13.7. The monoisotopic (exact) mass is 298 g/mol. The number of nitrogens with one attached hydrogen (secondary N) is 1. The van der Waals surface area contributed by atoms with E-state index in [0.29, 0.717) is 5.56 Å². The third-order valence-corrected chi connectivity index (χ3v) is 4.71. The largest absolute Gasteiger partial charge is 0.311 e. The average molecular weight is 298 g/mol. The maximum atomic E-state index is 14.3. The van der Waals surface area contributed by atoms with Crippen LogP contribution in [0.25, 0.3) is 0 Å². The Morgan fingerprint density at radius 1 is 1.10 bits per heavy atom. The molecule has 1 aromatic carbocycles. The van der Waals surface area contributed by atoms with Gasteiger partial charge in [0.2, 0.25) is 0 Å². The smallest absolute Gasteiger partial charge is 0.128 e. The summed E-state index contributed by atoms with van der Waals surface area (Å²) in [5.74, 6) is -0.749. The Morgan fingerprint density at radius 2 is 1.67 bits per heavy atom. The van der Waals surface area contributed by atoms with Crippen molar-refractivity contribution in [3.8, 4) is 0 Å². The summed E-state index contributed by atoms with van der Waals surface area (Å²) in [4.78, 5) is 2.35. The van der Waals surface area contributed by atoms with Crippen molar-refractivity contribution in [1.29, 1.82) is 0 Å². The van der Waals surface area contributed by atoms with Gasteiger partial charge in [-0.2, -0.15) is 0 Å². The minimum atomic E-state index is -0.396. The van der Waals surface area contributed by atoms with Crippen LogP contribution in [0.15, 0.2) is 18.2 Å². The van der Waals surface area contributed by atoms with E-state index >= 15 is 0 Å². The van der Waals surface area contributed by atoms with E-state index in [0.717, 1.165) is 25.9 Å². The second kappa shape index (κ2) is 7.85. The first-order chi connectivity index (χ1) is 10.00. The molecule has 2 nitrogen and oxygen atoms in total. The molecule has 0 spiro atoms. The molecule has 1 atom stereocenters. The van der Waals surface area contributed by atoms with Gasteiger partial charge in [-0.05, 0) is 51.2 Å². The third kappa shape index (κ3) is 3.43. The fourth-order valence-corrected chi connectivity index (χ4v) is 3.59. The Balaban J connectivity index is 3.40. The molecule has 0 bridgehead atoms. The first-order valence-electron chi connectivity index (χ1n) is 7.87. The Hall–Kier alpha value is -1.00. The van der Waals surface area contributed by atoms with Crippen molar-refractivity contribution >= 4 is 0 Å². The van der Waals surface area contributed by atoms with Crippen LogP contribution in [0.3, 0.4) is 0 Å². The van der Waals surface area contributed by atoms with Crippen LogP contribution in [-0.4, -0.2) is 30.6 Å². The van der Waals surface area contributed by atoms with Crippen molar-refractivity contribution in [3.63, 3.8) is 0 Å². The molecule has 1 rings (SSSR count). The molecule has 1 N–H and O–H groups in total. The summed E-state index contributed by atoms with van der Waals surface area (Å²) in [5.41, 5.74) is 0.181. The Labute approximate surface area is 127 Å². The average Bonchev–Trinajstić information content (AvgIpc) is 2.50. The lowest BCUT2D eigenvalue weighted by Crippen LogP contribution is -2.55. The van der Waals surface area contributed by atoms with Crippen LogP contribution in [-0.2, 0) is 0 Å². The zero-order chi connectivity index (χ0) is 16.0. The molecular weight excluding hydrogens is 270 g/mol. The van der Waals surface area contributed by atoms with Crippen LogP contribution in [0.2, 0.25) is 0 Å². The van der Waals surface area contributed by atoms with Gasteiger partial charge in [0.15, 0.2) is 0 Å². The summed E-state index contributed by atoms with van der Waals surface area (Å²) in [5, 5.41) is 3.23. The minimum Gasteiger partial charge on any atom is -0.311 e. The van der Waals surface area contributed by atoms with Crippen LogP contribution in [0, 0.1) is 11.6 Å². The van der Waals surface area contributed by atoms with Gasteiger partial charge in [-0.1, -0.05) is 27.7 Å². The maximum Gasteiger partial charge on any atom is 0.128 e.